The lowest BCUT2D eigenvalue weighted by Gasteiger charge is -2.09. The second-order valence-electron chi connectivity index (χ2n) is 3.48. The van der Waals surface area contributed by atoms with Crippen molar-refractivity contribution in [2.45, 2.75) is 39.0 Å². The molecule has 0 radical (unpaired) electrons. The van der Waals surface area contributed by atoms with Crippen LogP contribution in [0, 0.1) is 11.8 Å². The molecule has 1 fully saturated rings. The van der Waals surface area contributed by atoms with Crippen LogP contribution in [0.15, 0.2) is 0 Å². The number of hydrogen-bond acceptors (Lipinski definition) is 1. The second kappa shape index (κ2) is 3.97. The van der Waals surface area contributed by atoms with Crippen LogP contribution < -0.4 is 0 Å². The smallest absolute Gasteiger partial charge is 0.0459 e. The van der Waals surface area contributed by atoms with Gasteiger partial charge in [0.2, 0.25) is 0 Å². The molecule has 0 bridgehead atoms. The first kappa shape index (κ1) is 8.06. The van der Waals surface area contributed by atoms with E-state index >= 15 is 0 Å². The highest BCUT2D eigenvalue weighted by molar-refractivity contribution is 4.73. The molecule has 0 spiro atoms. The summed E-state index contributed by atoms with van der Waals surface area (Å²) in [5.74, 6) is 1.61. The third-order valence-electron chi connectivity index (χ3n) is 2.52. The van der Waals surface area contributed by atoms with Gasteiger partial charge in [0.05, 0.1) is 0 Å². The minimum absolute atomic E-state index is 0.392. The highest BCUT2D eigenvalue weighted by Gasteiger charge is 2.21. The summed E-state index contributed by atoms with van der Waals surface area (Å²) in [4.78, 5) is 0. The summed E-state index contributed by atoms with van der Waals surface area (Å²) in [6.07, 6.45) is 6.64. The SMILES string of the molecule is CCC(CO)CCC1CC1. The summed E-state index contributed by atoms with van der Waals surface area (Å²) < 4.78 is 0. The first-order valence-electron chi connectivity index (χ1n) is 4.47. The van der Waals surface area contributed by atoms with Crippen molar-refractivity contribution in [1.29, 1.82) is 0 Å². The van der Waals surface area contributed by atoms with E-state index in [2.05, 4.69) is 6.92 Å². The average Bonchev–Trinajstić information content (AvgIpc) is 2.74. The maximum atomic E-state index is 8.86. The van der Waals surface area contributed by atoms with Gasteiger partial charge in [0.25, 0.3) is 0 Å². The van der Waals surface area contributed by atoms with Gasteiger partial charge in [-0.25, -0.2) is 0 Å². The van der Waals surface area contributed by atoms with Crippen molar-refractivity contribution in [2.24, 2.45) is 11.8 Å². The molecule has 10 heavy (non-hydrogen) atoms. The fourth-order valence-electron chi connectivity index (χ4n) is 1.30. The lowest BCUT2D eigenvalue weighted by atomic mass is 10.00. The third kappa shape index (κ3) is 2.70. The van der Waals surface area contributed by atoms with E-state index in [4.69, 9.17) is 5.11 Å². The monoisotopic (exact) mass is 142 g/mol. The van der Waals surface area contributed by atoms with Gasteiger partial charge in [0, 0.05) is 6.61 Å². The maximum absolute atomic E-state index is 8.86. The molecular weight excluding hydrogens is 124 g/mol. The number of hydrogen-bond donors (Lipinski definition) is 1. The van der Waals surface area contributed by atoms with Gasteiger partial charge in [-0.1, -0.05) is 32.6 Å². The number of aliphatic hydroxyl groups excluding tert-OH is 1. The molecule has 0 aromatic carbocycles. The predicted octanol–water partition coefficient (Wildman–Crippen LogP) is 2.20. The molecule has 1 N–H and O–H groups in total. The van der Waals surface area contributed by atoms with Crippen molar-refractivity contribution in [3.63, 3.8) is 0 Å². The van der Waals surface area contributed by atoms with Crippen LogP contribution >= 0.6 is 0 Å². The molecule has 1 aliphatic carbocycles. The van der Waals surface area contributed by atoms with E-state index in [0.29, 0.717) is 12.5 Å². The van der Waals surface area contributed by atoms with Crippen molar-refractivity contribution in [3.8, 4) is 0 Å². The molecule has 0 aromatic heterocycles. The third-order valence-corrected chi connectivity index (χ3v) is 2.52. The van der Waals surface area contributed by atoms with E-state index in [1.54, 1.807) is 0 Å². The zero-order valence-electron chi connectivity index (χ0n) is 6.84. The Labute approximate surface area is 63.4 Å². The summed E-state index contributed by atoms with van der Waals surface area (Å²) in [5, 5.41) is 8.86. The van der Waals surface area contributed by atoms with Gasteiger partial charge in [-0.3, -0.25) is 0 Å². The molecule has 1 heteroatoms. The van der Waals surface area contributed by atoms with E-state index < -0.39 is 0 Å². The van der Waals surface area contributed by atoms with Crippen molar-refractivity contribution in [1.82, 2.24) is 0 Å². The van der Waals surface area contributed by atoms with Crippen LogP contribution in [0.25, 0.3) is 0 Å². The topological polar surface area (TPSA) is 20.2 Å². The van der Waals surface area contributed by atoms with Crippen molar-refractivity contribution in [2.75, 3.05) is 6.61 Å². The molecule has 0 amide bonds. The highest BCUT2D eigenvalue weighted by atomic mass is 16.3. The van der Waals surface area contributed by atoms with Gasteiger partial charge in [-0.15, -0.1) is 0 Å². The lowest BCUT2D eigenvalue weighted by Crippen LogP contribution is -2.04. The molecule has 60 valence electrons. The van der Waals surface area contributed by atoms with E-state index in [1.165, 1.54) is 25.7 Å². The Bertz CT molecular complexity index is 82.7. The Kier molecular flexibility index (Phi) is 3.20. The standard InChI is InChI=1S/C9H18O/c1-2-8(7-10)3-4-9-5-6-9/h8-10H,2-7H2,1H3. The first-order chi connectivity index (χ1) is 4.86. The van der Waals surface area contributed by atoms with Crippen LogP contribution in [0.3, 0.4) is 0 Å². The molecule has 0 aliphatic heterocycles. The molecule has 1 saturated carbocycles. The Balaban J connectivity index is 1.97. The van der Waals surface area contributed by atoms with Gasteiger partial charge in [0.15, 0.2) is 0 Å². The van der Waals surface area contributed by atoms with Gasteiger partial charge in [-0.05, 0) is 18.3 Å². The Morgan fingerprint density at radius 2 is 2.20 bits per heavy atom. The van der Waals surface area contributed by atoms with Crippen LogP contribution in [0.1, 0.15) is 39.0 Å². The molecule has 1 aliphatic rings. The molecule has 0 saturated heterocycles. The Morgan fingerprint density at radius 1 is 1.50 bits per heavy atom. The molecule has 1 unspecified atom stereocenters. The van der Waals surface area contributed by atoms with Crippen LogP contribution in [0.4, 0.5) is 0 Å². The average molecular weight is 142 g/mol. The Hall–Kier alpha value is -0.0400. The van der Waals surface area contributed by atoms with Crippen LogP contribution in [-0.4, -0.2) is 11.7 Å². The van der Waals surface area contributed by atoms with Crippen molar-refractivity contribution < 1.29 is 5.11 Å². The number of rotatable bonds is 5. The van der Waals surface area contributed by atoms with Gasteiger partial charge >= 0.3 is 0 Å². The summed E-state index contributed by atoms with van der Waals surface area (Å²) in [6, 6.07) is 0. The molecule has 0 aromatic rings. The molecule has 1 nitrogen and oxygen atoms in total. The first-order valence-corrected chi connectivity index (χ1v) is 4.47. The van der Waals surface area contributed by atoms with Gasteiger partial charge in [-0.2, -0.15) is 0 Å². The minimum atomic E-state index is 0.392. The Morgan fingerprint density at radius 3 is 2.60 bits per heavy atom. The number of aliphatic hydroxyl groups is 1. The predicted molar refractivity (Wildman–Crippen MR) is 42.8 cm³/mol. The zero-order valence-corrected chi connectivity index (χ0v) is 6.84. The van der Waals surface area contributed by atoms with Crippen molar-refractivity contribution >= 4 is 0 Å². The molecular formula is C9H18O. The van der Waals surface area contributed by atoms with Gasteiger partial charge in [0.1, 0.15) is 0 Å². The van der Waals surface area contributed by atoms with E-state index in [0.717, 1.165) is 12.3 Å². The quantitative estimate of drug-likeness (QED) is 0.624. The van der Waals surface area contributed by atoms with Crippen LogP contribution in [0.2, 0.25) is 0 Å². The maximum Gasteiger partial charge on any atom is 0.0459 e. The minimum Gasteiger partial charge on any atom is -0.396 e. The van der Waals surface area contributed by atoms with Crippen molar-refractivity contribution in [3.05, 3.63) is 0 Å². The highest BCUT2D eigenvalue weighted by Crippen LogP contribution is 2.34. The van der Waals surface area contributed by atoms with E-state index in [9.17, 15) is 0 Å². The summed E-state index contributed by atoms with van der Waals surface area (Å²) in [7, 11) is 0. The van der Waals surface area contributed by atoms with E-state index in [-0.39, 0.29) is 0 Å². The molecule has 1 rings (SSSR count). The zero-order chi connectivity index (χ0) is 7.40. The molecule has 0 heterocycles. The second-order valence-corrected chi connectivity index (χ2v) is 3.48. The lowest BCUT2D eigenvalue weighted by molar-refractivity contribution is 0.211. The summed E-state index contributed by atoms with van der Waals surface area (Å²) >= 11 is 0. The van der Waals surface area contributed by atoms with E-state index in [1.807, 2.05) is 0 Å². The normalized spacial score (nSPS) is 21.0. The van der Waals surface area contributed by atoms with Gasteiger partial charge < -0.3 is 5.11 Å². The largest absolute Gasteiger partial charge is 0.396 e. The summed E-state index contributed by atoms with van der Waals surface area (Å²) in [6.45, 7) is 2.55. The fourth-order valence-corrected chi connectivity index (χ4v) is 1.30. The summed E-state index contributed by atoms with van der Waals surface area (Å²) in [5.41, 5.74) is 0. The van der Waals surface area contributed by atoms with Crippen LogP contribution in [-0.2, 0) is 0 Å². The molecule has 1 atom stereocenters. The fraction of sp³-hybridized carbons (Fsp3) is 1.00. The van der Waals surface area contributed by atoms with Crippen LogP contribution in [0.5, 0.6) is 0 Å².